The number of rotatable bonds is 5. The summed E-state index contributed by atoms with van der Waals surface area (Å²) < 4.78 is 10.8. The second-order valence-corrected chi connectivity index (χ2v) is 7.50. The lowest BCUT2D eigenvalue weighted by Gasteiger charge is -2.36. The van der Waals surface area contributed by atoms with Gasteiger partial charge in [-0.2, -0.15) is 0 Å². The van der Waals surface area contributed by atoms with Gasteiger partial charge in [-0.05, 0) is 29.5 Å². The smallest absolute Gasteiger partial charge is 0.231 e. The van der Waals surface area contributed by atoms with E-state index in [1.54, 1.807) is 0 Å². The van der Waals surface area contributed by atoms with Crippen molar-refractivity contribution in [3.05, 3.63) is 59.7 Å². The summed E-state index contributed by atoms with van der Waals surface area (Å²) >= 11 is 0. The summed E-state index contributed by atoms with van der Waals surface area (Å²) in [7, 11) is 0. The second kappa shape index (κ2) is 6.46. The van der Waals surface area contributed by atoms with Gasteiger partial charge in [0.25, 0.3) is 0 Å². The van der Waals surface area contributed by atoms with E-state index in [1.165, 1.54) is 0 Å². The zero-order valence-corrected chi connectivity index (χ0v) is 14.5. The summed E-state index contributed by atoms with van der Waals surface area (Å²) in [5.74, 6) is 1.40. The molecule has 0 saturated heterocycles. The first-order valence-corrected chi connectivity index (χ1v) is 8.27. The number of fused-ring (bicyclic) bond motifs is 1. The van der Waals surface area contributed by atoms with Crippen LogP contribution in [0.2, 0.25) is 0 Å². The van der Waals surface area contributed by atoms with Crippen LogP contribution in [0.4, 0.5) is 0 Å². The van der Waals surface area contributed by atoms with Crippen molar-refractivity contribution in [3.8, 4) is 11.5 Å². The third-order valence-electron chi connectivity index (χ3n) is 4.06. The van der Waals surface area contributed by atoms with E-state index in [1.807, 2.05) is 48.5 Å². The maximum Gasteiger partial charge on any atom is 0.231 e. The molecule has 1 aliphatic rings. The Labute approximate surface area is 143 Å². The van der Waals surface area contributed by atoms with Gasteiger partial charge in [-0.25, -0.2) is 0 Å². The lowest BCUT2D eigenvalue weighted by molar-refractivity contribution is -0.0371. The van der Waals surface area contributed by atoms with Gasteiger partial charge in [-0.1, -0.05) is 57.2 Å². The summed E-state index contributed by atoms with van der Waals surface area (Å²) in [6.07, 6.45) is 0.576. The zero-order chi connectivity index (χ0) is 17.2. The van der Waals surface area contributed by atoms with Crippen LogP contribution in [0.1, 0.15) is 38.3 Å². The fourth-order valence-corrected chi connectivity index (χ4v) is 3.03. The molecule has 4 nitrogen and oxygen atoms in total. The second-order valence-electron chi connectivity index (χ2n) is 7.50. The lowest BCUT2D eigenvalue weighted by Crippen LogP contribution is -2.44. The van der Waals surface area contributed by atoms with Crippen LogP contribution in [0.3, 0.4) is 0 Å². The van der Waals surface area contributed by atoms with Crippen molar-refractivity contribution in [2.75, 3.05) is 6.79 Å². The highest BCUT2D eigenvalue weighted by Crippen LogP contribution is 2.39. The van der Waals surface area contributed by atoms with E-state index in [0.29, 0.717) is 18.7 Å². The topological polar surface area (TPSA) is 50.7 Å². The molecule has 4 heteroatoms. The molecule has 1 unspecified atom stereocenters. The van der Waals surface area contributed by atoms with E-state index >= 15 is 0 Å². The zero-order valence-electron chi connectivity index (χ0n) is 14.5. The van der Waals surface area contributed by atoms with Gasteiger partial charge in [0.15, 0.2) is 11.5 Å². The highest BCUT2D eigenvalue weighted by molar-refractivity contribution is 5.46. The SMILES string of the molecule is CC(C)(C)CC(O)(NCc1ccccc1)c1ccc2c(c1)OCO2. The number of hydrogen-bond donors (Lipinski definition) is 2. The first-order valence-electron chi connectivity index (χ1n) is 8.27. The molecule has 1 heterocycles. The Bertz CT molecular complexity index is 694. The quantitative estimate of drug-likeness (QED) is 0.821. The van der Waals surface area contributed by atoms with Crippen LogP contribution in [0.15, 0.2) is 48.5 Å². The largest absolute Gasteiger partial charge is 0.454 e. The molecule has 3 rings (SSSR count). The predicted octanol–water partition coefficient (Wildman–Crippen LogP) is 3.79. The van der Waals surface area contributed by atoms with Crippen LogP contribution in [0, 0.1) is 5.41 Å². The summed E-state index contributed by atoms with van der Waals surface area (Å²) in [5.41, 5.74) is 0.729. The Morgan fingerprint density at radius 2 is 1.71 bits per heavy atom. The monoisotopic (exact) mass is 327 g/mol. The van der Waals surface area contributed by atoms with Gasteiger partial charge in [0.2, 0.25) is 6.79 Å². The van der Waals surface area contributed by atoms with Crippen molar-refractivity contribution in [1.82, 2.24) is 5.32 Å². The maximum absolute atomic E-state index is 11.4. The molecule has 2 aromatic carbocycles. The van der Waals surface area contributed by atoms with Gasteiger partial charge < -0.3 is 14.6 Å². The van der Waals surface area contributed by atoms with Crippen molar-refractivity contribution < 1.29 is 14.6 Å². The summed E-state index contributed by atoms with van der Waals surface area (Å²) in [4.78, 5) is 0. The number of nitrogens with one attached hydrogen (secondary N) is 1. The highest BCUT2D eigenvalue weighted by atomic mass is 16.7. The Morgan fingerprint density at radius 1 is 1.00 bits per heavy atom. The van der Waals surface area contributed by atoms with E-state index in [2.05, 4.69) is 26.1 Å². The first kappa shape index (κ1) is 16.8. The van der Waals surface area contributed by atoms with Crippen LogP contribution in [0.5, 0.6) is 11.5 Å². The van der Waals surface area contributed by atoms with Crippen LogP contribution < -0.4 is 14.8 Å². The molecule has 2 aromatic rings. The molecule has 1 atom stereocenters. The first-order chi connectivity index (χ1) is 11.4. The van der Waals surface area contributed by atoms with Gasteiger partial charge in [0, 0.05) is 12.1 Å². The molecular weight excluding hydrogens is 302 g/mol. The maximum atomic E-state index is 11.4. The minimum atomic E-state index is -1.14. The molecule has 2 N–H and O–H groups in total. The number of hydrogen-bond acceptors (Lipinski definition) is 4. The van der Waals surface area contributed by atoms with Crippen molar-refractivity contribution in [3.63, 3.8) is 0 Å². The third kappa shape index (κ3) is 3.89. The number of benzene rings is 2. The standard InChI is InChI=1S/C20H25NO3/c1-19(2,3)13-20(22,21-12-15-7-5-4-6-8-15)16-9-10-17-18(11-16)24-14-23-17/h4-11,21-22H,12-14H2,1-3H3. The normalized spacial score (nSPS) is 16.0. The Morgan fingerprint density at radius 3 is 2.42 bits per heavy atom. The van der Waals surface area contributed by atoms with E-state index in [4.69, 9.17) is 9.47 Å². The minimum absolute atomic E-state index is 0.0468. The van der Waals surface area contributed by atoms with Crippen LogP contribution in [0.25, 0.3) is 0 Å². The van der Waals surface area contributed by atoms with Crippen molar-refractivity contribution in [2.24, 2.45) is 5.41 Å². The molecule has 0 amide bonds. The molecule has 0 aromatic heterocycles. The average Bonchev–Trinajstić information content (AvgIpc) is 3.00. The van der Waals surface area contributed by atoms with Gasteiger partial charge in [-0.15, -0.1) is 0 Å². The molecule has 0 bridgehead atoms. The third-order valence-corrected chi connectivity index (χ3v) is 4.06. The Balaban J connectivity index is 1.87. The summed E-state index contributed by atoms with van der Waals surface area (Å²) in [6, 6.07) is 15.7. The number of ether oxygens (including phenoxy) is 2. The van der Waals surface area contributed by atoms with Gasteiger partial charge in [-0.3, -0.25) is 5.32 Å². The van der Waals surface area contributed by atoms with E-state index < -0.39 is 5.72 Å². The van der Waals surface area contributed by atoms with E-state index in [0.717, 1.165) is 16.9 Å². The van der Waals surface area contributed by atoms with Gasteiger partial charge in [0.1, 0.15) is 5.72 Å². The summed E-state index contributed by atoms with van der Waals surface area (Å²) in [6.45, 7) is 7.18. The highest BCUT2D eigenvalue weighted by Gasteiger charge is 2.35. The lowest BCUT2D eigenvalue weighted by atomic mass is 9.82. The Hall–Kier alpha value is -2.04. The van der Waals surface area contributed by atoms with Crippen LogP contribution >= 0.6 is 0 Å². The van der Waals surface area contributed by atoms with Crippen molar-refractivity contribution in [1.29, 1.82) is 0 Å². The van der Waals surface area contributed by atoms with Crippen LogP contribution in [-0.2, 0) is 12.3 Å². The molecule has 0 saturated carbocycles. The average molecular weight is 327 g/mol. The minimum Gasteiger partial charge on any atom is -0.454 e. The predicted molar refractivity (Wildman–Crippen MR) is 93.8 cm³/mol. The van der Waals surface area contributed by atoms with Crippen LogP contribution in [-0.4, -0.2) is 11.9 Å². The molecule has 1 aliphatic heterocycles. The Kier molecular flexibility index (Phi) is 4.52. The fourth-order valence-electron chi connectivity index (χ4n) is 3.03. The van der Waals surface area contributed by atoms with E-state index in [-0.39, 0.29) is 12.2 Å². The number of aliphatic hydroxyl groups is 1. The van der Waals surface area contributed by atoms with Crippen molar-refractivity contribution >= 4 is 0 Å². The fraction of sp³-hybridized carbons (Fsp3) is 0.400. The summed E-state index contributed by atoms with van der Waals surface area (Å²) in [5, 5.41) is 14.7. The molecule has 0 aliphatic carbocycles. The molecule has 0 radical (unpaired) electrons. The molecule has 24 heavy (non-hydrogen) atoms. The molecule has 0 fully saturated rings. The molecule has 0 spiro atoms. The molecule has 128 valence electrons. The van der Waals surface area contributed by atoms with Crippen molar-refractivity contribution in [2.45, 2.75) is 39.5 Å². The molecular formula is C20H25NO3. The van der Waals surface area contributed by atoms with Gasteiger partial charge in [0.05, 0.1) is 0 Å². The van der Waals surface area contributed by atoms with E-state index in [9.17, 15) is 5.11 Å². The van der Waals surface area contributed by atoms with Gasteiger partial charge >= 0.3 is 0 Å².